The van der Waals surface area contributed by atoms with E-state index in [1.807, 2.05) is 12.1 Å². The van der Waals surface area contributed by atoms with Crippen LogP contribution < -0.4 is 4.74 Å². The highest BCUT2D eigenvalue weighted by molar-refractivity contribution is 9.11. The number of carbonyl (C=O) groups is 1. The largest absolute Gasteiger partial charge is 0.460 e. The zero-order valence-corrected chi connectivity index (χ0v) is 10.9. The molecule has 0 unspecified atom stereocenters. The molecule has 0 heterocycles. The van der Waals surface area contributed by atoms with Crippen molar-refractivity contribution in [2.75, 3.05) is 0 Å². The van der Waals surface area contributed by atoms with Gasteiger partial charge in [0, 0.05) is 11.4 Å². The van der Waals surface area contributed by atoms with Crippen molar-refractivity contribution in [3.05, 3.63) is 40.6 Å². The summed E-state index contributed by atoms with van der Waals surface area (Å²) >= 11 is 3.27. The van der Waals surface area contributed by atoms with Crippen LogP contribution in [0.4, 0.5) is 0 Å². The molecule has 2 nitrogen and oxygen atoms in total. The molecule has 0 bridgehead atoms. The third-order valence-corrected chi connectivity index (χ3v) is 2.70. The minimum Gasteiger partial charge on any atom is -0.460 e. The molecule has 0 aliphatic carbocycles. The molecule has 0 amide bonds. The van der Waals surface area contributed by atoms with Gasteiger partial charge in [-0.2, -0.15) is 0 Å². The van der Waals surface area contributed by atoms with E-state index in [0.29, 0.717) is 11.3 Å². The van der Waals surface area contributed by atoms with Gasteiger partial charge < -0.3 is 4.74 Å². The number of rotatable bonds is 6. The number of para-hydroxylation sites is 1. The van der Waals surface area contributed by atoms with E-state index in [2.05, 4.69) is 22.9 Å². The first kappa shape index (κ1) is 13.0. The Balaban J connectivity index is 2.74. The van der Waals surface area contributed by atoms with Crippen molar-refractivity contribution in [3.63, 3.8) is 0 Å². The van der Waals surface area contributed by atoms with Gasteiger partial charge in [0.1, 0.15) is 11.5 Å². The predicted molar refractivity (Wildman–Crippen MR) is 69.0 cm³/mol. The Bertz CT molecular complexity index is 372. The molecule has 0 aromatic heterocycles. The number of hydrogen-bond donors (Lipinski definition) is 0. The Hall–Kier alpha value is -1.09. The maximum absolute atomic E-state index is 10.8. The normalized spacial score (nSPS) is 11.2. The lowest BCUT2D eigenvalue weighted by Gasteiger charge is -2.10. The van der Waals surface area contributed by atoms with Crippen LogP contribution in [0.2, 0.25) is 0 Å². The number of halogens is 1. The molecule has 0 spiro atoms. The van der Waals surface area contributed by atoms with Crippen molar-refractivity contribution in [1.82, 2.24) is 0 Å². The first-order chi connectivity index (χ1) is 7.81. The maximum Gasteiger partial charge on any atom is 0.153 e. The molecule has 0 atom stereocenters. The van der Waals surface area contributed by atoms with Crippen molar-refractivity contribution in [1.29, 1.82) is 0 Å². The van der Waals surface area contributed by atoms with Gasteiger partial charge in [-0.25, -0.2) is 0 Å². The van der Waals surface area contributed by atoms with Gasteiger partial charge >= 0.3 is 0 Å². The molecule has 0 fully saturated rings. The van der Waals surface area contributed by atoms with Crippen LogP contribution in [-0.2, 0) is 0 Å². The number of hydrogen-bond acceptors (Lipinski definition) is 2. The summed E-state index contributed by atoms with van der Waals surface area (Å²) in [5.74, 6) is 1.45. The van der Waals surface area contributed by atoms with Gasteiger partial charge in [-0.05, 0) is 18.6 Å². The lowest BCUT2D eigenvalue weighted by molar-refractivity contribution is 0.112. The molecule has 1 aromatic rings. The first-order valence-corrected chi connectivity index (χ1v) is 6.24. The lowest BCUT2D eigenvalue weighted by Crippen LogP contribution is -1.97. The van der Waals surface area contributed by atoms with E-state index in [9.17, 15) is 4.79 Å². The molecule has 1 rings (SSSR count). The first-order valence-electron chi connectivity index (χ1n) is 5.33. The highest BCUT2D eigenvalue weighted by Gasteiger charge is 2.04. The minimum absolute atomic E-state index is 0.575. The molecule has 0 aliphatic rings. The predicted octanol–water partition coefficient (Wildman–Crippen LogP) is 4.30. The van der Waals surface area contributed by atoms with Crippen molar-refractivity contribution in [2.24, 2.45) is 0 Å². The third kappa shape index (κ3) is 3.81. The Labute approximate surface area is 104 Å². The molecule has 0 N–H and O–H groups in total. The monoisotopic (exact) mass is 282 g/mol. The Morgan fingerprint density at radius 2 is 2.19 bits per heavy atom. The van der Waals surface area contributed by atoms with Gasteiger partial charge in [-0.3, -0.25) is 4.79 Å². The van der Waals surface area contributed by atoms with E-state index in [0.717, 1.165) is 31.3 Å². The fraction of sp³-hybridized carbons (Fsp3) is 0.308. The Morgan fingerprint density at radius 3 is 2.81 bits per heavy atom. The second-order valence-corrected chi connectivity index (χ2v) is 3.89. The molecule has 16 heavy (non-hydrogen) atoms. The van der Waals surface area contributed by atoms with Crippen LogP contribution in [0.25, 0.3) is 0 Å². The summed E-state index contributed by atoms with van der Waals surface area (Å²) in [6, 6.07) is 7.22. The van der Waals surface area contributed by atoms with Crippen LogP contribution >= 0.6 is 15.9 Å². The number of benzene rings is 1. The summed E-state index contributed by atoms with van der Waals surface area (Å²) in [6.07, 6.45) is 3.86. The third-order valence-electron chi connectivity index (χ3n) is 2.19. The highest BCUT2D eigenvalue weighted by atomic mass is 79.9. The summed E-state index contributed by atoms with van der Waals surface area (Å²) in [4.78, 5) is 12.6. The SMILES string of the molecule is CCCC/C(=C/Br)Oc1ccccc1C=O. The minimum atomic E-state index is 0.575. The molecule has 0 radical (unpaired) electrons. The summed E-state index contributed by atoms with van der Waals surface area (Å²) in [5.41, 5.74) is 0.575. The summed E-state index contributed by atoms with van der Waals surface area (Å²) in [5, 5.41) is 0. The number of carbonyl (C=O) groups excluding carboxylic acids is 1. The molecule has 3 heteroatoms. The van der Waals surface area contributed by atoms with E-state index in [1.54, 1.807) is 17.1 Å². The van der Waals surface area contributed by atoms with Gasteiger partial charge in [0.25, 0.3) is 0 Å². The topological polar surface area (TPSA) is 26.3 Å². The number of allylic oxidation sites excluding steroid dienone is 1. The van der Waals surface area contributed by atoms with Gasteiger partial charge in [0.05, 0.1) is 5.56 Å². The molecule has 1 aromatic carbocycles. The van der Waals surface area contributed by atoms with Crippen LogP contribution in [0, 0.1) is 0 Å². The van der Waals surface area contributed by atoms with Crippen LogP contribution in [0.1, 0.15) is 36.5 Å². The summed E-state index contributed by atoms with van der Waals surface area (Å²) in [7, 11) is 0. The number of unbranched alkanes of at least 4 members (excludes halogenated alkanes) is 1. The average molecular weight is 283 g/mol. The zero-order valence-electron chi connectivity index (χ0n) is 9.28. The maximum atomic E-state index is 10.8. The second-order valence-electron chi connectivity index (χ2n) is 3.44. The van der Waals surface area contributed by atoms with Gasteiger partial charge in [-0.1, -0.05) is 41.4 Å². The average Bonchev–Trinajstić information content (AvgIpc) is 2.34. The van der Waals surface area contributed by atoms with E-state index in [4.69, 9.17) is 4.74 Å². The fourth-order valence-electron chi connectivity index (χ4n) is 1.29. The van der Waals surface area contributed by atoms with Crippen molar-refractivity contribution in [3.8, 4) is 5.75 Å². The second kappa shape index (κ2) is 7.23. The highest BCUT2D eigenvalue weighted by Crippen LogP contribution is 2.21. The zero-order chi connectivity index (χ0) is 11.8. The van der Waals surface area contributed by atoms with Crippen LogP contribution in [0.15, 0.2) is 35.0 Å². The molecule has 0 saturated carbocycles. The summed E-state index contributed by atoms with van der Waals surface area (Å²) in [6.45, 7) is 2.13. The van der Waals surface area contributed by atoms with Crippen LogP contribution in [0.3, 0.4) is 0 Å². The van der Waals surface area contributed by atoms with Crippen molar-refractivity contribution in [2.45, 2.75) is 26.2 Å². The molecular weight excluding hydrogens is 268 g/mol. The fourth-order valence-corrected chi connectivity index (χ4v) is 1.61. The van der Waals surface area contributed by atoms with E-state index < -0.39 is 0 Å². The van der Waals surface area contributed by atoms with Crippen LogP contribution in [0.5, 0.6) is 5.75 Å². The quantitative estimate of drug-likeness (QED) is 0.574. The smallest absolute Gasteiger partial charge is 0.153 e. The standard InChI is InChI=1S/C13H15BrO2/c1-2-3-7-12(9-14)16-13-8-5-4-6-11(13)10-15/h4-6,8-10H,2-3,7H2,1H3/b12-9-. The van der Waals surface area contributed by atoms with Gasteiger partial charge in [-0.15, -0.1) is 0 Å². The van der Waals surface area contributed by atoms with E-state index >= 15 is 0 Å². The number of ether oxygens (including phenoxy) is 1. The molecule has 0 saturated heterocycles. The van der Waals surface area contributed by atoms with E-state index in [-0.39, 0.29) is 0 Å². The van der Waals surface area contributed by atoms with Crippen molar-refractivity contribution < 1.29 is 9.53 Å². The van der Waals surface area contributed by atoms with Crippen LogP contribution in [-0.4, -0.2) is 6.29 Å². The Morgan fingerprint density at radius 1 is 1.44 bits per heavy atom. The van der Waals surface area contributed by atoms with E-state index in [1.165, 1.54) is 0 Å². The van der Waals surface area contributed by atoms with Crippen molar-refractivity contribution >= 4 is 22.2 Å². The Kier molecular flexibility index (Phi) is 5.86. The lowest BCUT2D eigenvalue weighted by atomic mass is 10.2. The summed E-state index contributed by atoms with van der Waals surface area (Å²) < 4.78 is 5.67. The van der Waals surface area contributed by atoms with Gasteiger partial charge in [0.2, 0.25) is 0 Å². The van der Waals surface area contributed by atoms with Gasteiger partial charge in [0.15, 0.2) is 6.29 Å². The number of aldehydes is 1. The molecule has 86 valence electrons. The molecule has 0 aliphatic heterocycles. The molecular formula is C13H15BrO2.